The van der Waals surface area contributed by atoms with Crippen LogP contribution in [0.3, 0.4) is 0 Å². The summed E-state index contributed by atoms with van der Waals surface area (Å²) in [5.74, 6) is 0.517. The van der Waals surface area contributed by atoms with Crippen molar-refractivity contribution < 1.29 is 0 Å². The van der Waals surface area contributed by atoms with Gasteiger partial charge < -0.3 is 5.32 Å². The van der Waals surface area contributed by atoms with Gasteiger partial charge >= 0.3 is 0 Å². The number of allylic oxidation sites excluding steroid dienone is 3. The highest BCUT2D eigenvalue weighted by molar-refractivity contribution is 5.19. The van der Waals surface area contributed by atoms with Gasteiger partial charge in [-0.05, 0) is 57.4 Å². The van der Waals surface area contributed by atoms with Gasteiger partial charge in [-0.2, -0.15) is 0 Å². The lowest BCUT2D eigenvalue weighted by atomic mass is 9.77. The van der Waals surface area contributed by atoms with E-state index in [4.69, 9.17) is 0 Å². The molecule has 0 aliphatic carbocycles. The van der Waals surface area contributed by atoms with Crippen molar-refractivity contribution in [2.45, 2.75) is 97.9 Å². The van der Waals surface area contributed by atoms with Crippen LogP contribution in [-0.2, 0) is 0 Å². The second kappa shape index (κ2) is 13.5. The van der Waals surface area contributed by atoms with Crippen LogP contribution in [0.25, 0.3) is 0 Å². The normalized spacial score (nSPS) is 14.2. The first-order valence-electron chi connectivity index (χ1n) is 10.2. The molecule has 1 nitrogen and oxygen atoms in total. The van der Waals surface area contributed by atoms with Gasteiger partial charge in [0.25, 0.3) is 0 Å². The minimum atomic E-state index is 0.0713. The Balaban J connectivity index is 4.34. The molecule has 0 aromatic carbocycles. The summed E-state index contributed by atoms with van der Waals surface area (Å²) < 4.78 is 0. The van der Waals surface area contributed by atoms with E-state index in [2.05, 4.69) is 65.2 Å². The molecule has 0 aliphatic heterocycles. The van der Waals surface area contributed by atoms with Crippen molar-refractivity contribution in [2.75, 3.05) is 6.54 Å². The molecule has 1 atom stereocenters. The monoisotopic (exact) mass is 333 g/mol. The molecule has 1 heteroatoms. The van der Waals surface area contributed by atoms with Gasteiger partial charge in [0.2, 0.25) is 0 Å². The largest absolute Gasteiger partial charge is 0.308 e. The summed E-state index contributed by atoms with van der Waals surface area (Å²) in [6.45, 7) is 20.9. The van der Waals surface area contributed by atoms with Gasteiger partial charge in [0.15, 0.2) is 0 Å². The molecule has 0 rings (SSSR count). The number of nitrogens with one attached hydrogen (secondary N) is 1. The van der Waals surface area contributed by atoms with Crippen LogP contribution < -0.4 is 5.32 Å². The Hall–Kier alpha value is -0.820. The van der Waals surface area contributed by atoms with Crippen LogP contribution in [0, 0.1) is 5.92 Å². The Labute approximate surface area is 152 Å². The zero-order chi connectivity index (χ0) is 18.4. The van der Waals surface area contributed by atoms with E-state index in [0.29, 0.717) is 5.92 Å². The van der Waals surface area contributed by atoms with E-state index < -0.39 is 0 Å². The van der Waals surface area contributed by atoms with Gasteiger partial charge in [-0.3, -0.25) is 0 Å². The Morgan fingerprint density at radius 1 is 1.00 bits per heavy atom. The van der Waals surface area contributed by atoms with E-state index in [1.807, 2.05) is 0 Å². The highest BCUT2D eigenvalue weighted by atomic mass is 15.0. The lowest BCUT2D eigenvalue weighted by Crippen LogP contribution is -2.47. The highest BCUT2D eigenvalue weighted by Gasteiger charge is 2.31. The molecule has 0 fully saturated rings. The highest BCUT2D eigenvalue weighted by Crippen LogP contribution is 2.32. The van der Waals surface area contributed by atoms with E-state index in [0.717, 1.165) is 38.6 Å². The van der Waals surface area contributed by atoms with Crippen LogP contribution in [0.2, 0.25) is 0 Å². The average molecular weight is 334 g/mol. The van der Waals surface area contributed by atoms with Crippen LogP contribution in [0.4, 0.5) is 0 Å². The first kappa shape index (κ1) is 23.2. The molecular weight excluding hydrogens is 290 g/mol. The molecule has 0 radical (unpaired) electrons. The van der Waals surface area contributed by atoms with Crippen LogP contribution in [0.1, 0.15) is 92.4 Å². The zero-order valence-electron chi connectivity index (χ0n) is 17.2. The second-order valence-electron chi connectivity index (χ2n) is 7.40. The van der Waals surface area contributed by atoms with Gasteiger partial charge in [-0.15, -0.1) is 0 Å². The smallest absolute Gasteiger partial charge is 0.0394 e. The summed E-state index contributed by atoms with van der Waals surface area (Å²) in [6, 6.07) is 0. The predicted molar refractivity (Wildman–Crippen MR) is 112 cm³/mol. The maximum atomic E-state index is 4.40. The summed E-state index contributed by atoms with van der Waals surface area (Å²) in [6.07, 6.45) is 15.5. The van der Waals surface area contributed by atoms with Gasteiger partial charge in [0, 0.05) is 5.54 Å². The topological polar surface area (TPSA) is 12.0 Å². The summed E-state index contributed by atoms with van der Waals surface area (Å²) in [5.41, 5.74) is 2.79. The van der Waals surface area contributed by atoms with Gasteiger partial charge in [-0.1, -0.05) is 83.9 Å². The third-order valence-electron chi connectivity index (χ3n) is 5.14. The fourth-order valence-electron chi connectivity index (χ4n) is 3.33. The fraction of sp³-hybridized carbons (Fsp3) is 0.739. The molecule has 0 aliphatic rings. The van der Waals surface area contributed by atoms with E-state index in [-0.39, 0.29) is 5.54 Å². The van der Waals surface area contributed by atoms with E-state index in [1.54, 1.807) is 0 Å². The Kier molecular flexibility index (Phi) is 13.0. The lowest BCUT2D eigenvalue weighted by Gasteiger charge is -2.38. The predicted octanol–water partition coefficient (Wildman–Crippen LogP) is 7.21. The molecule has 0 aromatic heterocycles. The molecule has 0 aromatic rings. The molecule has 0 bridgehead atoms. The number of unbranched alkanes of at least 4 members (excludes halogenated alkanes) is 3. The summed E-state index contributed by atoms with van der Waals surface area (Å²) in [4.78, 5) is 0. The Bertz CT molecular complexity index is 377. The molecule has 24 heavy (non-hydrogen) atoms. The van der Waals surface area contributed by atoms with Gasteiger partial charge in [0.05, 0.1) is 0 Å². The zero-order valence-corrected chi connectivity index (χ0v) is 17.2. The van der Waals surface area contributed by atoms with Crippen molar-refractivity contribution in [3.63, 3.8) is 0 Å². The Morgan fingerprint density at radius 2 is 1.67 bits per heavy atom. The minimum Gasteiger partial charge on any atom is -0.308 e. The fourth-order valence-corrected chi connectivity index (χ4v) is 3.33. The van der Waals surface area contributed by atoms with Crippen molar-refractivity contribution in [2.24, 2.45) is 5.92 Å². The maximum Gasteiger partial charge on any atom is 0.0394 e. The maximum absolute atomic E-state index is 4.40. The SMILES string of the molecule is C=C(CC/C=C\CCCCC)CCC(CC)(NCC)C(=C)C(C)C. The van der Waals surface area contributed by atoms with E-state index in [9.17, 15) is 0 Å². The second-order valence-corrected chi connectivity index (χ2v) is 7.40. The average Bonchev–Trinajstić information content (AvgIpc) is 2.57. The number of hydrogen-bond donors (Lipinski definition) is 1. The minimum absolute atomic E-state index is 0.0713. The molecule has 140 valence electrons. The molecular formula is C23H43N. The van der Waals surface area contributed by atoms with Crippen LogP contribution >= 0.6 is 0 Å². The quantitative estimate of drug-likeness (QED) is 0.246. The molecule has 0 heterocycles. The van der Waals surface area contributed by atoms with Crippen molar-refractivity contribution in [3.8, 4) is 0 Å². The number of hydrogen-bond acceptors (Lipinski definition) is 1. The van der Waals surface area contributed by atoms with Crippen molar-refractivity contribution >= 4 is 0 Å². The third kappa shape index (κ3) is 8.87. The standard InChI is InChI=1S/C23H43N/c1-8-11-12-13-14-15-16-17-21(6)18-19-23(9-2,24-10-3)22(7)20(4)5/h14-15,20,24H,6-13,16-19H2,1-5H3/b15-14-. The van der Waals surface area contributed by atoms with Crippen molar-refractivity contribution in [1.82, 2.24) is 5.32 Å². The molecule has 1 unspecified atom stereocenters. The summed E-state index contributed by atoms with van der Waals surface area (Å²) in [7, 11) is 0. The van der Waals surface area contributed by atoms with Crippen LogP contribution in [0.15, 0.2) is 36.5 Å². The van der Waals surface area contributed by atoms with Crippen molar-refractivity contribution in [1.29, 1.82) is 0 Å². The van der Waals surface area contributed by atoms with Gasteiger partial charge in [-0.25, -0.2) is 0 Å². The molecule has 0 spiro atoms. The molecule has 0 saturated carbocycles. The van der Waals surface area contributed by atoms with E-state index in [1.165, 1.54) is 36.8 Å². The van der Waals surface area contributed by atoms with Crippen LogP contribution in [-0.4, -0.2) is 12.1 Å². The third-order valence-corrected chi connectivity index (χ3v) is 5.14. The van der Waals surface area contributed by atoms with E-state index >= 15 is 0 Å². The Morgan fingerprint density at radius 3 is 2.21 bits per heavy atom. The summed E-state index contributed by atoms with van der Waals surface area (Å²) >= 11 is 0. The number of rotatable bonds is 15. The summed E-state index contributed by atoms with van der Waals surface area (Å²) in [5, 5.41) is 3.72. The number of likely N-dealkylation sites (N-methyl/N-ethyl adjacent to an activating group) is 1. The first-order valence-corrected chi connectivity index (χ1v) is 10.2. The molecule has 1 N–H and O–H groups in total. The lowest BCUT2D eigenvalue weighted by molar-refractivity contribution is 0.327. The first-order chi connectivity index (χ1) is 11.4. The van der Waals surface area contributed by atoms with Crippen LogP contribution in [0.5, 0.6) is 0 Å². The van der Waals surface area contributed by atoms with Crippen molar-refractivity contribution in [3.05, 3.63) is 36.5 Å². The molecule has 0 saturated heterocycles. The molecule has 0 amide bonds. The van der Waals surface area contributed by atoms with Gasteiger partial charge in [0.1, 0.15) is 0 Å².